The first kappa shape index (κ1) is 10.9. The number of hydrogen-bond donors (Lipinski definition) is 0. The minimum absolute atomic E-state index is 0.214. The fraction of sp³-hybridized carbons (Fsp3) is 0.154. The normalized spacial score (nSPS) is 12.1. The molecule has 0 spiro atoms. The van der Waals surface area contributed by atoms with Crippen molar-refractivity contribution in [3.63, 3.8) is 0 Å². The number of carbonyl (C=O) groups is 1. The van der Waals surface area contributed by atoms with Crippen molar-refractivity contribution in [1.82, 2.24) is 0 Å². The van der Waals surface area contributed by atoms with E-state index in [9.17, 15) is 4.79 Å². The zero-order valence-electron chi connectivity index (χ0n) is 8.92. The Morgan fingerprint density at radius 3 is 2.56 bits per heavy atom. The Morgan fingerprint density at radius 1 is 1.19 bits per heavy atom. The van der Waals surface area contributed by atoms with Gasteiger partial charge in [0.2, 0.25) is 0 Å². The topological polar surface area (TPSA) is 26.3 Å². The van der Waals surface area contributed by atoms with Gasteiger partial charge < -0.3 is 4.74 Å². The molecule has 1 unspecified atom stereocenters. The van der Waals surface area contributed by atoms with Crippen LogP contribution in [0.15, 0.2) is 47.8 Å². The molecule has 0 aliphatic heterocycles. The molecule has 2 rings (SSSR count). The number of thiophene rings is 1. The highest BCUT2D eigenvalue weighted by Crippen LogP contribution is 2.22. The fourth-order valence-corrected chi connectivity index (χ4v) is 1.97. The molecule has 1 aromatic heterocycles. The van der Waals surface area contributed by atoms with Gasteiger partial charge in [-0.05, 0) is 30.0 Å². The maximum Gasteiger partial charge on any atom is 0.319 e. The average molecular weight is 232 g/mol. The van der Waals surface area contributed by atoms with Gasteiger partial charge in [-0.2, -0.15) is 0 Å². The van der Waals surface area contributed by atoms with Gasteiger partial charge in [-0.15, -0.1) is 11.3 Å². The molecule has 0 radical (unpaired) electrons. The average Bonchev–Trinajstić information content (AvgIpc) is 2.82. The molecule has 0 fully saturated rings. The number of ether oxygens (including phenoxy) is 1. The molecule has 0 amide bonds. The third-order valence-corrected chi connectivity index (χ3v) is 3.09. The second kappa shape index (κ2) is 4.94. The second-order valence-corrected chi connectivity index (χ2v) is 4.40. The quantitative estimate of drug-likeness (QED) is 0.757. The predicted molar refractivity (Wildman–Crippen MR) is 64.8 cm³/mol. The molecule has 1 heterocycles. The van der Waals surface area contributed by atoms with Gasteiger partial charge in [0.05, 0.1) is 5.92 Å². The van der Waals surface area contributed by atoms with E-state index in [1.165, 1.54) is 11.3 Å². The Bertz CT molecular complexity index is 448. The molecular weight excluding hydrogens is 220 g/mol. The van der Waals surface area contributed by atoms with E-state index < -0.39 is 0 Å². The first-order valence-corrected chi connectivity index (χ1v) is 5.95. The standard InChI is InChI=1S/C13H12O2S/c1-10(11-6-3-2-4-7-11)13(14)15-12-8-5-9-16-12/h2-10H,1H3. The molecule has 0 aliphatic rings. The van der Waals surface area contributed by atoms with Gasteiger partial charge in [-0.1, -0.05) is 30.3 Å². The summed E-state index contributed by atoms with van der Waals surface area (Å²) in [6, 6.07) is 13.3. The molecule has 16 heavy (non-hydrogen) atoms. The summed E-state index contributed by atoms with van der Waals surface area (Å²) in [6.45, 7) is 1.85. The van der Waals surface area contributed by atoms with Gasteiger partial charge in [0.1, 0.15) is 0 Å². The molecule has 2 nitrogen and oxygen atoms in total. The number of rotatable bonds is 3. The highest BCUT2D eigenvalue weighted by molar-refractivity contribution is 7.11. The van der Waals surface area contributed by atoms with Gasteiger partial charge in [0, 0.05) is 0 Å². The molecule has 0 aliphatic carbocycles. The molecule has 0 N–H and O–H groups in total. The van der Waals surface area contributed by atoms with E-state index in [2.05, 4.69) is 0 Å². The summed E-state index contributed by atoms with van der Waals surface area (Å²) in [5.41, 5.74) is 0.976. The van der Waals surface area contributed by atoms with Crippen molar-refractivity contribution in [3.8, 4) is 5.06 Å². The zero-order chi connectivity index (χ0) is 11.4. The third-order valence-electron chi connectivity index (χ3n) is 2.35. The van der Waals surface area contributed by atoms with Crippen LogP contribution in [-0.4, -0.2) is 5.97 Å². The van der Waals surface area contributed by atoms with Crippen molar-refractivity contribution in [2.75, 3.05) is 0 Å². The molecule has 0 saturated carbocycles. The molecule has 1 atom stereocenters. The van der Waals surface area contributed by atoms with E-state index in [1.54, 1.807) is 6.07 Å². The smallest absolute Gasteiger partial charge is 0.319 e. The van der Waals surface area contributed by atoms with E-state index >= 15 is 0 Å². The van der Waals surface area contributed by atoms with Gasteiger partial charge >= 0.3 is 5.97 Å². The summed E-state index contributed by atoms with van der Waals surface area (Å²) in [5.74, 6) is -0.447. The van der Waals surface area contributed by atoms with Crippen molar-refractivity contribution in [2.45, 2.75) is 12.8 Å². The van der Waals surface area contributed by atoms with Gasteiger partial charge in [0.25, 0.3) is 0 Å². The SMILES string of the molecule is CC(C(=O)Oc1cccs1)c1ccccc1. The summed E-state index contributed by atoms with van der Waals surface area (Å²) in [7, 11) is 0. The Kier molecular flexibility index (Phi) is 3.37. The Balaban J connectivity index is 2.05. The van der Waals surface area contributed by atoms with Crippen molar-refractivity contribution >= 4 is 17.3 Å². The first-order chi connectivity index (χ1) is 7.77. The number of benzene rings is 1. The van der Waals surface area contributed by atoms with Crippen LogP contribution >= 0.6 is 11.3 Å². The Labute approximate surface area is 98.5 Å². The van der Waals surface area contributed by atoms with Crippen LogP contribution in [0.1, 0.15) is 18.4 Å². The predicted octanol–water partition coefficient (Wildman–Crippen LogP) is 3.46. The van der Waals surface area contributed by atoms with Gasteiger partial charge in [-0.25, -0.2) is 0 Å². The van der Waals surface area contributed by atoms with E-state index in [1.807, 2.05) is 48.7 Å². The largest absolute Gasteiger partial charge is 0.415 e. The maximum absolute atomic E-state index is 11.8. The molecule has 82 valence electrons. The molecule has 3 heteroatoms. The number of hydrogen-bond acceptors (Lipinski definition) is 3. The lowest BCUT2D eigenvalue weighted by molar-refractivity contribution is -0.135. The lowest BCUT2D eigenvalue weighted by Crippen LogP contribution is -2.15. The number of carbonyl (C=O) groups excluding carboxylic acids is 1. The van der Waals surface area contributed by atoms with Crippen molar-refractivity contribution in [2.24, 2.45) is 0 Å². The maximum atomic E-state index is 11.8. The van der Waals surface area contributed by atoms with Crippen molar-refractivity contribution in [3.05, 3.63) is 53.4 Å². The molecule has 2 aromatic rings. The Morgan fingerprint density at radius 2 is 1.94 bits per heavy atom. The molecule has 0 saturated heterocycles. The summed E-state index contributed by atoms with van der Waals surface area (Å²) >= 11 is 1.42. The van der Waals surface area contributed by atoms with Crippen molar-refractivity contribution < 1.29 is 9.53 Å². The first-order valence-electron chi connectivity index (χ1n) is 5.07. The van der Waals surface area contributed by atoms with Crippen LogP contribution in [0, 0.1) is 0 Å². The second-order valence-electron chi connectivity index (χ2n) is 3.49. The highest BCUT2D eigenvalue weighted by atomic mass is 32.1. The summed E-state index contributed by atoms with van der Waals surface area (Å²) in [6.07, 6.45) is 0. The monoisotopic (exact) mass is 232 g/mol. The number of esters is 1. The summed E-state index contributed by atoms with van der Waals surface area (Å²) in [4.78, 5) is 11.8. The molecule has 0 bridgehead atoms. The summed E-state index contributed by atoms with van der Waals surface area (Å²) < 4.78 is 5.25. The van der Waals surface area contributed by atoms with Crippen LogP contribution in [0.4, 0.5) is 0 Å². The fourth-order valence-electron chi connectivity index (χ4n) is 1.39. The van der Waals surface area contributed by atoms with Crippen LogP contribution in [0.3, 0.4) is 0 Å². The third kappa shape index (κ3) is 2.49. The van der Waals surface area contributed by atoms with Crippen LogP contribution in [0.2, 0.25) is 0 Å². The molecular formula is C13H12O2S. The van der Waals surface area contributed by atoms with Crippen LogP contribution in [0.5, 0.6) is 5.06 Å². The van der Waals surface area contributed by atoms with Gasteiger partial charge in [0.15, 0.2) is 5.06 Å². The lowest BCUT2D eigenvalue weighted by atomic mass is 10.0. The minimum atomic E-state index is -0.233. The minimum Gasteiger partial charge on any atom is -0.415 e. The zero-order valence-corrected chi connectivity index (χ0v) is 9.74. The van der Waals surface area contributed by atoms with E-state index in [0.717, 1.165) is 5.56 Å². The van der Waals surface area contributed by atoms with Crippen LogP contribution < -0.4 is 4.74 Å². The van der Waals surface area contributed by atoms with Crippen molar-refractivity contribution in [1.29, 1.82) is 0 Å². The highest BCUT2D eigenvalue weighted by Gasteiger charge is 2.17. The summed E-state index contributed by atoms with van der Waals surface area (Å²) in [5, 5.41) is 2.53. The van der Waals surface area contributed by atoms with Gasteiger partial charge in [-0.3, -0.25) is 4.79 Å². The van der Waals surface area contributed by atoms with Crippen LogP contribution in [-0.2, 0) is 4.79 Å². The molecule has 1 aromatic carbocycles. The Hall–Kier alpha value is -1.61. The van der Waals surface area contributed by atoms with E-state index in [4.69, 9.17) is 4.74 Å². The van der Waals surface area contributed by atoms with E-state index in [-0.39, 0.29) is 11.9 Å². The lowest BCUT2D eigenvalue weighted by Gasteiger charge is -2.09. The van der Waals surface area contributed by atoms with Crippen LogP contribution in [0.25, 0.3) is 0 Å². The van der Waals surface area contributed by atoms with E-state index in [0.29, 0.717) is 5.06 Å².